The number of anilines is 1. The van der Waals surface area contributed by atoms with Crippen molar-refractivity contribution in [3.63, 3.8) is 0 Å². The smallest absolute Gasteiger partial charge is 0.246 e. The van der Waals surface area contributed by atoms with Crippen LogP contribution in [0.5, 0.6) is 5.75 Å². The van der Waals surface area contributed by atoms with Gasteiger partial charge < -0.3 is 14.2 Å². The van der Waals surface area contributed by atoms with Gasteiger partial charge in [-0.05, 0) is 42.8 Å². The van der Waals surface area contributed by atoms with Crippen molar-refractivity contribution in [2.24, 2.45) is 0 Å². The molecule has 3 rings (SSSR count). The molecule has 1 amide bonds. The number of hydrogen-bond acceptors (Lipinski definition) is 7. The van der Waals surface area contributed by atoms with Crippen molar-refractivity contribution in [1.29, 1.82) is 0 Å². The highest BCUT2D eigenvalue weighted by atomic mass is 79.9. The van der Waals surface area contributed by atoms with Gasteiger partial charge in [-0.2, -0.15) is 4.98 Å². The summed E-state index contributed by atoms with van der Waals surface area (Å²) in [6, 6.07) is 14.2. The van der Waals surface area contributed by atoms with Crippen molar-refractivity contribution in [3.05, 3.63) is 58.9 Å². The number of sulfonamides is 1. The second-order valence-electron chi connectivity index (χ2n) is 7.41. The maximum absolute atomic E-state index is 12.6. The molecule has 0 bridgehead atoms. The van der Waals surface area contributed by atoms with Crippen LogP contribution < -0.4 is 9.04 Å². The van der Waals surface area contributed by atoms with Crippen LogP contribution in [0.25, 0.3) is 11.4 Å². The van der Waals surface area contributed by atoms with E-state index in [1.807, 2.05) is 24.3 Å². The van der Waals surface area contributed by atoms with Crippen LogP contribution in [0.1, 0.15) is 18.7 Å². The summed E-state index contributed by atoms with van der Waals surface area (Å²) in [4.78, 5) is 18.4. The minimum atomic E-state index is -3.50. The number of hydrogen-bond donors (Lipinski definition) is 0. The number of ether oxygens (including phenoxy) is 1. The van der Waals surface area contributed by atoms with Crippen LogP contribution in [0.3, 0.4) is 0 Å². The van der Waals surface area contributed by atoms with E-state index in [4.69, 9.17) is 9.26 Å². The van der Waals surface area contributed by atoms with Gasteiger partial charge in [-0.3, -0.25) is 9.10 Å². The number of amides is 1. The molecule has 1 heterocycles. The van der Waals surface area contributed by atoms with E-state index in [1.54, 1.807) is 38.4 Å². The van der Waals surface area contributed by atoms with Crippen LogP contribution in [0.4, 0.5) is 5.69 Å². The van der Waals surface area contributed by atoms with Crippen molar-refractivity contribution >= 4 is 37.5 Å². The van der Waals surface area contributed by atoms with E-state index in [0.29, 0.717) is 29.6 Å². The molecule has 0 unspecified atom stereocenters. The lowest BCUT2D eigenvalue weighted by atomic mass is 10.2. The van der Waals surface area contributed by atoms with E-state index in [1.165, 1.54) is 9.21 Å². The lowest BCUT2D eigenvalue weighted by molar-refractivity contribution is -0.130. The van der Waals surface area contributed by atoms with Gasteiger partial charge in [-0.25, -0.2) is 8.42 Å². The summed E-state index contributed by atoms with van der Waals surface area (Å²) in [5, 5.41) is 3.97. The first kappa shape index (κ1) is 24.7. The lowest BCUT2D eigenvalue weighted by Crippen LogP contribution is -2.32. The highest BCUT2D eigenvalue weighted by Crippen LogP contribution is 2.23. The molecule has 0 N–H and O–H groups in total. The van der Waals surface area contributed by atoms with Crippen LogP contribution in [-0.4, -0.2) is 56.3 Å². The van der Waals surface area contributed by atoms with E-state index in [2.05, 4.69) is 26.1 Å². The molecule has 0 atom stereocenters. The molecule has 2 aromatic carbocycles. The minimum absolute atomic E-state index is 0.152. The molecule has 0 aliphatic heterocycles. The molecule has 0 radical (unpaired) electrons. The van der Waals surface area contributed by atoms with Gasteiger partial charge in [0.25, 0.3) is 0 Å². The van der Waals surface area contributed by atoms with Gasteiger partial charge in [-0.1, -0.05) is 33.2 Å². The second-order valence-corrected chi connectivity index (χ2v) is 10.2. The number of carbonyl (C=O) groups excluding carboxylic acids is 1. The van der Waals surface area contributed by atoms with Gasteiger partial charge in [0.05, 0.1) is 25.6 Å². The molecule has 0 fully saturated rings. The number of halogens is 1. The summed E-state index contributed by atoms with van der Waals surface area (Å²) in [5.41, 5.74) is 1.32. The summed E-state index contributed by atoms with van der Waals surface area (Å²) < 4.78 is 37.1. The molecule has 11 heteroatoms. The van der Waals surface area contributed by atoms with Crippen LogP contribution in [0, 0.1) is 0 Å². The van der Waals surface area contributed by atoms with Crippen molar-refractivity contribution < 1.29 is 22.5 Å². The number of aromatic nitrogens is 2. The summed E-state index contributed by atoms with van der Waals surface area (Å²) in [5.74, 6) is 1.24. The zero-order valence-electron chi connectivity index (χ0n) is 18.6. The van der Waals surface area contributed by atoms with Gasteiger partial charge >= 0.3 is 0 Å². The molecule has 3 aromatic rings. The zero-order chi connectivity index (χ0) is 24.0. The highest BCUT2D eigenvalue weighted by Gasteiger charge is 2.19. The number of carbonyl (C=O) groups is 1. The van der Waals surface area contributed by atoms with Crippen LogP contribution in [0.2, 0.25) is 0 Å². The maximum atomic E-state index is 12.6. The Balaban J connectivity index is 1.56. The SMILES string of the molecule is COc1ccc(N(CCCC(=O)N(C)Cc2nc(-c3cccc(Br)c3)no2)S(C)(=O)=O)cc1. The summed E-state index contributed by atoms with van der Waals surface area (Å²) in [6.07, 6.45) is 1.67. The standard InChI is InChI=1S/C22H25BrN4O5S/c1-26(15-20-24-22(25-32-20)16-6-4-7-17(23)14-16)21(28)8-5-13-27(33(3,29)30)18-9-11-19(31-2)12-10-18/h4,6-7,9-12,14H,5,8,13,15H2,1-3H3. The Morgan fingerprint density at radius 1 is 1.18 bits per heavy atom. The van der Waals surface area contributed by atoms with Crippen molar-refractivity contribution in [3.8, 4) is 17.1 Å². The van der Waals surface area contributed by atoms with Crippen molar-refractivity contribution in [2.45, 2.75) is 19.4 Å². The molecule has 0 saturated carbocycles. The monoisotopic (exact) mass is 536 g/mol. The fourth-order valence-corrected chi connectivity index (χ4v) is 4.52. The van der Waals surface area contributed by atoms with E-state index < -0.39 is 10.0 Å². The van der Waals surface area contributed by atoms with Gasteiger partial charge in [0, 0.05) is 30.0 Å². The predicted octanol–water partition coefficient (Wildman–Crippen LogP) is 3.71. The van der Waals surface area contributed by atoms with Crippen LogP contribution in [-0.2, 0) is 21.4 Å². The Morgan fingerprint density at radius 2 is 1.91 bits per heavy atom. The third-order valence-electron chi connectivity index (χ3n) is 4.86. The normalized spacial score (nSPS) is 11.3. The lowest BCUT2D eigenvalue weighted by Gasteiger charge is -2.23. The molecule has 0 spiro atoms. The predicted molar refractivity (Wildman–Crippen MR) is 128 cm³/mol. The van der Waals surface area contributed by atoms with Crippen LogP contribution in [0.15, 0.2) is 57.5 Å². The van der Waals surface area contributed by atoms with Gasteiger partial charge in [-0.15, -0.1) is 0 Å². The maximum Gasteiger partial charge on any atom is 0.246 e. The first-order valence-corrected chi connectivity index (χ1v) is 12.8. The molecule has 176 valence electrons. The van der Waals surface area contributed by atoms with E-state index >= 15 is 0 Å². The Bertz CT molecular complexity index is 1200. The van der Waals surface area contributed by atoms with Gasteiger partial charge in [0.1, 0.15) is 5.75 Å². The molecule has 33 heavy (non-hydrogen) atoms. The van der Waals surface area contributed by atoms with Crippen molar-refractivity contribution in [2.75, 3.05) is 31.3 Å². The third kappa shape index (κ3) is 6.78. The van der Waals surface area contributed by atoms with Gasteiger partial charge in [0.15, 0.2) is 0 Å². The van der Waals surface area contributed by atoms with E-state index in [-0.39, 0.29) is 25.4 Å². The average molecular weight is 537 g/mol. The number of methoxy groups -OCH3 is 1. The fourth-order valence-electron chi connectivity index (χ4n) is 3.15. The Morgan fingerprint density at radius 3 is 2.55 bits per heavy atom. The first-order chi connectivity index (χ1) is 15.7. The topological polar surface area (TPSA) is 106 Å². The minimum Gasteiger partial charge on any atom is -0.497 e. The Kier molecular flexibility index (Phi) is 8.09. The van der Waals surface area contributed by atoms with Crippen molar-refractivity contribution in [1.82, 2.24) is 15.0 Å². The summed E-state index contributed by atoms with van der Waals surface area (Å²) >= 11 is 3.41. The molecular weight excluding hydrogens is 512 g/mol. The highest BCUT2D eigenvalue weighted by molar-refractivity contribution is 9.10. The van der Waals surface area contributed by atoms with Gasteiger partial charge in [0.2, 0.25) is 27.6 Å². The molecule has 9 nitrogen and oxygen atoms in total. The quantitative estimate of drug-likeness (QED) is 0.388. The number of benzene rings is 2. The molecule has 0 aliphatic rings. The Hall–Kier alpha value is -2.92. The summed E-state index contributed by atoms with van der Waals surface area (Å²) in [6.45, 7) is 0.340. The zero-order valence-corrected chi connectivity index (χ0v) is 21.0. The van der Waals surface area contributed by atoms with E-state index in [9.17, 15) is 13.2 Å². The second kappa shape index (κ2) is 10.8. The summed E-state index contributed by atoms with van der Waals surface area (Å²) in [7, 11) is -0.315. The third-order valence-corrected chi connectivity index (χ3v) is 6.55. The molecular formula is C22H25BrN4O5S. The number of nitrogens with zero attached hydrogens (tertiary/aromatic N) is 4. The molecule has 0 aliphatic carbocycles. The largest absolute Gasteiger partial charge is 0.497 e. The number of rotatable bonds is 10. The Labute approximate surface area is 201 Å². The molecule has 1 aromatic heterocycles. The average Bonchev–Trinajstić information content (AvgIpc) is 3.24. The van der Waals surface area contributed by atoms with E-state index in [0.717, 1.165) is 16.3 Å². The first-order valence-electron chi connectivity index (χ1n) is 10.1. The molecule has 0 saturated heterocycles. The van der Waals surface area contributed by atoms with Crippen LogP contribution >= 0.6 is 15.9 Å². The fraction of sp³-hybridized carbons (Fsp3) is 0.318.